The SMILES string of the molecule is O=C([O-])Cc1ccccc1C(Cl)Cl.[Na+]. The fourth-order valence-electron chi connectivity index (χ4n) is 1.06. The van der Waals surface area contributed by atoms with E-state index in [1.165, 1.54) is 0 Å². The number of carboxylic acids is 1. The van der Waals surface area contributed by atoms with Crippen LogP contribution in [0.2, 0.25) is 0 Å². The molecule has 1 aromatic rings. The zero-order chi connectivity index (χ0) is 9.84. The Kier molecular flexibility index (Phi) is 6.83. The van der Waals surface area contributed by atoms with Gasteiger partial charge in [-0.3, -0.25) is 0 Å². The van der Waals surface area contributed by atoms with E-state index in [1.54, 1.807) is 24.3 Å². The number of halogens is 2. The predicted octanol–water partition coefficient (Wildman–Crippen LogP) is -1.54. The molecule has 0 aliphatic heterocycles. The van der Waals surface area contributed by atoms with Crippen LogP contribution in [0, 0.1) is 0 Å². The molecular formula is C9H7Cl2NaO2. The predicted molar refractivity (Wildman–Crippen MR) is 49.6 cm³/mol. The zero-order valence-electron chi connectivity index (χ0n) is 7.67. The van der Waals surface area contributed by atoms with Crippen molar-refractivity contribution >= 4 is 29.2 Å². The molecule has 0 saturated carbocycles. The molecule has 0 radical (unpaired) electrons. The topological polar surface area (TPSA) is 40.1 Å². The van der Waals surface area contributed by atoms with E-state index in [9.17, 15) is 9.90 Å². The Bertz CT molecular complexity index is 315. The van der Waals surface area contributed by atoms with E-state index < -0.39 is 10.8 Å². The first-order valence-corrected chi connectivity index (χ1v) is 4.54. The molecular weight excluding hydrogens is 234 g/mol. The molecule has 0 fully saturated rings. The van der Waals surface area contributed by atoms with E-state index >= 15 is 0 Å². The standard InChI is InChI=1S/C9H8Cl2O2.Na/c10-9(11)7-4-2-1-3-6(7)5-8(12)13;/h1-4,9H,5H2,(H,12,13);/q;+1/p-1. The second-order valence-electron chi connectivity index (χ2n) is 2.55. The maximum Gasteiger partial charge on any atom is 1.00 e. The zero-order valence-corrected chi connectivity index (χ0v) is 11.2. The molecule has 0 unspecified atom stereocenters. The van der Waals surface area contributed by atoms with E-state index in [4.69, 9.17) is 23.2 Å². The maximum absolute atomic E-state index is 10.3. The van der Waals surface area contributed by atoms with Gasteiger partial charge in [0.05, 0.1) is 0 Å². The Labute approximate surface area is 115 Å². The Hall–Kier alpha value is 0.270. The van der Waals surface area contributed by atoms with Gasteiger partial charge in [-0.25, -0.2) is 0 Å². The second kappa shape index (κ2) is 6.70. The number of carbonyl (C=O) groups is 1. The largest absolute Gasteiger partial charge is 1.00 e. The van der Waals surface area contributed by atoms with Gasteiger partial charge in [0.2, 0.25) is 0 Å². The van der Waals surface area contributed by atoms with Crippen molar-refractivity contribution in [3.05, 3.63) is 35.4 Å². The van der Waals surface area contributed by atoms with Crippen LogP contribution in [0.1, 0.15) is 16.0 Å². The number of aliphatic carboxylic acids is 1. The number of alkyl halides is 2. The van der Waals surface area contributed by atoms with Crippen molar-refractivity contribution < 1.29 is 39.5 Å². The van der Waals surface area contributed by atoms with Gasteiger partial charge in [0, 0.05) is 12.4 Å². The molecule has 0 aromatic heterocycles. The van der Waals surface area contributed by atoms with Crippen LogP contribution in [-0.4, -0.2) is 5.97 Å². The molecule has 0 amide bonds. The minimum Gasteiger partial charge on any atom is -0.550 e. The number of hydrogen-bond acceptors (Lipinski definition) is 2. The first-order chi connectivity index (χ1) is 6.11. The van der Waals surface area contributed by atoms with Gasteiger partial charge >= 0.3 is 29.6 Å². The van der Waals surface area contributed by atoms with Gasteiger partial charge < -0.3 is 9.90 Å². The van der Waals surface area contributed by atoms with Crippen LogP contribution in [0.4, 0.5) is 0 Å². The summed E-state index contributed by atoms with van der Waals surface area (Å²) in [4.78, 5) is 9.65. The molecule has 0 aliphatic carbocycles. The molecule has 0 N–H and O–H groups in total. The monoisotopic (exact) mass is 240 g/mol. The van der Waals surface area contributed by atoms with Gasteiger partial charge in [-0.1, -0.05) is 24.3 Å². The second-order valence-corrected chi connectivity index (χ2v) is 3.64. The third-order valence-corrected chi connectivity index (χ3v) is 2.10. The van der Waals surface area contributed by atoms with Gasteiger partial charge in [-0.05, 0) is 11.1 Å². The molecule has 5 heteroatoms. The van der Waals surface area contributed by atoms with Crippen molar-refractivity contribution in [3.8, 4) is 0 Å². The van der Waals surface area contributed by atoms with Crippen molar-refractivity contribution in [2.24, 2.45) is 0 Å². The Morgan fingerprint density at radius 2 is 1.93 bits per heavy atom. The number of carbonyl (C=O) groups excluding carboxylic acids is 1. The molecule has 70 valence electrons. The minimum absolute atomic E-state index is 0. The summed E-state index contributed by atoms with van der Waals surface area (Å²) in [6.45, 7) is 0. The van der Waals surface area contributed by atoms with Crippen LogP contribution in [-0.2, 0) is 11.2 Å². The normalized spacial score (nSPS) is 9.64. The van der Waals surface area contributed by atoms with Crippen molar-refractivity contribution in [1.29, 1.82) is 0 Å². The van der Waals surface area contributed by atoms with Crippen LogP contribution in [0.15, 0.2) is 24.3 Å². The summed E-state index contributed by atoms with van der Waals surface area (Å²) < 4.78 is 0. The summed E-state index contributed by atoms with van der Waals surface area (Å²) >= 11 is 11.3. The Morgan fingerprint density at radius 1 is 1.36 bits per heavy atom. The summed E-state index contributed by atoms with van der Waals surface area (Å²) in [7, 11) is 0. The average Bonchev–Trinajstić information content (AvgIpc) is 2.03. The van der Waals surface area contributed by atoms with Crippen LogP contribution in [0.5, 0.6) is 0 Å². The summed E-state index contributed by atoms with van der Waals surface area (Å²) in [6.07, 6.45) is -0.161. The third-order valence-electron chi connectivity index (χ3n) is 1.62. The summed E-state index contributed by atoms with van der Waals surface area (Å²) in [5.74, 6) is -1.14. The van der Waals surface area contributed by atoms with Gasteiger partial charge in [0.25, 0.3) is 0 Å². The van der Waals surface area contributed by atoms with Gasteiger partial charge in [0.15, 0.2) is 0 Å². The smallest absolute Gasteiger partial charge is 0.550 e. The minimum atomic E-state index is -1.14. The number of hydrogen-bond donors (Lipinski definition) is 0. The molecule has 0 spiro atoms. The van der Waals surface area contributed by atoms with Crippen LogP contribution < -0.4 is 34.7 Å². The van der Waals surface area contributed by atoms with Crippen LogP contribution in [0.25, 0.3) is 0 Å². The number of rotatable bonds is 3. The third kappa shape index (κ3) is 4.20. The quantitative estimate of drug-likeness (QED) is 0.475. The summed E-state index contributed by atoms with van der Waals surface area (Å²) in [5, 5.41) is 10.3. The van der Waals surface area contributed by atoms with Crippen molar-refractivity contribution in [3.63, 3.8) is 0 Å². The average molecular weight is 241 g/mol. The summed E-state index contributed by atoms with van der Waals surface area (Å²) in [5.41, 5.74) is 1.22. The van der Waals surface area contributed by atoms with Crippen LogP contribution in [0.3, 0.4) is 0 Å². The number of benzene rings is 1. The molecule has 14 heavy (non-hydrogen) atoms. The first-order valence-electron chi connectivity index (χ1n) is 3.67. The van der Waals surface area contributed by atoms with Gasteiger partial charge in [-0.2, -0.15) is 0 Å². The van der Waals surface area contributed by atoms with Crippen molar-refractivity contribution in [2.75, 3.05) is 0 Å². The Balaban J connectivity index is 0.00000169. The molecule has 0 atom stereocenters. The first kappa shape index (κ1) is 14.3. The van der Waals surface area contributed by atoms with E-state index in [-0.39, 0.29) is 36.0 Å². The van der Waals surface area contributed by atoms with Crippen LogP contribution >= 0.6 is 23.2 Å². The van der Waals surface area contributed by atoms with Gasteiger partial charge in [-0.15, -0.1) is 23.2 Å². The van der Waals surface area contributed by atoms with E-state index in [1.807, 2.05) is 0 Å². The number of carboxylic acid groups (broad SMARTS) is 1. The van der Waals surface area contributed by atoms with Crippen molar-refractivity contribution in [2.45, 2.75) is 11.3 Å². The summed E-state index contributed by atoms with van der Waals surface area (Å²) in [6, 6.07) is 6.86. The van der Waals surface area contributed by atoms with E-state index in [0.29, 0.717) is 11.1 Å². The van der Waals surface area contributed by atoms with E-state index in [2.05, 4.69) is 0 Å². The Morgan fingerprint density at radius 3 is 2.43 bits per heavy atom. The molecule has 2 nitrogen and oxygen atoms in total. The fraction of sp³-hybridized carbons (Fsp3) is 0.222. The van der Waals surface area contributed by atoms with Crippen molar-refractivity contribution in [1.82, 2.24) is 0 Å². The maximum atomic E-state index is 10.3. The molecule has 0 bridgehead atoms. The van der Waals surface area contributed by atoms with E-state index in [0.717, 1.165) is 0 Å². The molecule has 0 heterocycles. The molecule has 0 aliphatic rings. The molecule has 1 rings (SSSR count). The molecule has 0 saturated heterocycles. The fourth-order valence-corrected chi connectivity index (χ4v) is 1.49. The molecule has 1 aromatic carbocycles. The van der Waals surface area contributed by atoms with Gasteiger partial charge in [0.1, 0.15) is 4.84 Å².